The van der Waals surface area contributed by atoms with Gasteiger partial charge in [0.2, 0.25) is 6.29 Å². The third-order valence-electron chi connectivity index (χ3n) is 3.49. The molecule has 5 atom stereocenters. The molecule has 0 radical (unpaired) electrons. The van der Waals surface area contributed by atoms with Crippen LogP contribution in [-0.2, 0) is 9.53 Å². The fraction of sp³-hybridized carbons (Fsp3) is 0.400. The third-order valence-corrected chi connectivity index (χ3v) is 3.49. The van der Waals surface area contributed by atoms with Crippen molar-refractivity contribution in [2.75, 3.05) is 6.61 Å². The van der Waals surface area contributed by atoms with Crippen LogP contribution >= 0.6 is 0 Å². The van der Waals surface area contributed by atoms with Gasteiger partial charge in [-0.05, 0) is 18.2 Å². The zero-order chi connectivity index (χ0) is 17.9. The highest BCUT2D eigenvalue weighted by Crippen LogP contribution is 2.30. The number of rotatable bonds is 5. The standard InChI is InChI=1S/C15H18O9/c16-6-10-12(20)13(21)14(22)15(24-10)23-9-5-8(17)3-1-7(9)2-4-11(18)19/h1-5,10,12-17,20-22H,6H2,(H,18,19)/b4-2+/t10-,12-,13+,14-,15?/m1/s1. The predicted molar refractivity (Wildman–Crippen MR) is 79.2 cm³/mol. The Morgan fingerprint density at radius 3 is 2.54 bits per heavy atom. The van der Waals surface area contributed by atoms with Crippen LogP contribution in [0.4, 0.5) is 0 Å². The molecule has 9 heteroatoms. The van der Waals surface area contributed by atoms with Crippen molar-refractivity contribution in [2.45, 2.75) is 30.7 Å². The Balaban J connectivity index is 2.26. The molecule has 2 rings (SSSR count). The minimum Gasteiger partial charge on any atom is -0.508 e. The summed E-state index contributed by atoms with van der Waals surface area (Å²) in [4.78, 5) is 10.6. The second-order valence-corrected chi connectivity index (χ2v) is 5.21. The van der Waals surface area contributed by atoms with E-state index in [1.807, 2.05) is 0 Å². The molecule has 1 heterocycles. The molecule has 0 bridgehead atoms. The van der Waals surface area contributed by atoms with E-state index in [2.05, 4.69) is 0 Å². The summed E-state index contributed by atoms with van der Waals surface area (Å²) in [6.07, 6.45) is -5.30. The summed E-state index contributed by atoms with van der Waals surface area (Å²) in [6, 6.07) is 3.86. The van der Waals surface area contributed by atoms with E-state index >= 15 is 0 Å². The normalized spacial score (nSPS) is 30.4. The molecule has 0 amide bonds. The Bertz CT molecular complexity index is 613. The van der Waals surface area contributed by atoms with Gasteiger partial charge in [-0.15, -0.1) is 0 Å². The first kappa shape index (κ1) is 18.2. The first-order valence-electron chi connectivity index (χ1n) is 7.04. The zero-order valence-corrected chi connectivity index (χ0v) is 12.4. The Morgan fingerprint density at radius 1 is 1.21 bits per heavy atom. The molecule has 1 aliphatic rings. The van der Waals surface area contributed by atoms with E-state index in [1.54, 1.807) is 0 Å². The van der Waals surface area contributed by atoms with Gasteiger partial charge in [-0.25, -0.2) is 4.79 Å². The largest absolute Gasteiger partial charge is 0.508 e. The molecule has 132 valence electrons. The van der Waals surface area contributed by atoms with Crippen LogP contribution in [0.3, 0.4) is 0 Å². The number of phenolic OH excluding ortho intramolecular Hbond substituents is 1. The summed E-state index contributed by atoms with van der Waals surface area (Å²) >= 11 is 0. The van der Waals surface area contributed by atoms with Gasteiger partial charge in [0.1, 0.15) is 35.9 Å². The first-order chi connectivity index (χ1) is 11.3. The van der Waals surface area contributed by atoms with Crippen LogP contribution in [0.5, 0.6) is 11.5 Å². The first-order valence-corrected chi connectivity index (χ1v) is 7.04. The molecule has 24 heavy (non-hydrogen) atoms. The molecular weight excluding hydrogens is 324 g/mol. The highest BCUT2D eigenvalue weighted by molar-refractivity contribution is 5.86. The Kier molecular flexibility index (Phi) is 5.75. The van der Waals surface area contributed by atoms with Crippen LogP contribution in [0, 0.1) is 0 Å². The number of aliphatic hydroxyl groups is 4. The molecule has 6 N–H and O–H groups in total. The number of aliphatic carboxylic acids is 1. The van der Waals surface area contributed by atoms with Crippen molar-refractivity contribution in [3.8, 4) is 11.5 Å². The number of carboxylic acids is 1. The second kappa shape index (κ2) is 7.60. The van der Waals surface area contributed by atoms with Crippen molar-refractivity contribution in [3.05, 3.63) is 29.8 Å². The number of benzene rings is 1. The molecule has 0 saturated carbocycles. The van der Waals surface area contributed by atoms with Crippen molar-refractivity contribution in [3.63, 3.8) is 0 Å². The fourth-order valence-electron chi connectivity index (χ4n) is 2.21. The Labute approximate surface area is 136 Å². The lowest BCUT2D eigenvalue weighted by Crippen LogP contribution is -2.60. The second-order valence-electron chi connectivity index (χ2n) is 5.21. The van der Waals surface area contributed by atoms with E-state index in [9.17, 15) is 25.2 Å². The molecule has 1 aromatic carbocycles. The van der Waals surface area contributed by atoms with Crippen molar-refractivity contribution in [2.24, 2.45) is 0 Å². The summed E-state index contributed by atoms with van der Waals surface area (Å²) in [7, 11) is 0. The van der Waals surface area contributed by atoms with Gasteiger partial charge in [-0.3, -0.25) is 0 Å². The molecule has 0 aliphatic carbocycles. The summed E-state index contributed by atoms with van der Waals surface area (Å²) in [6.45, 7) is -0.614. The van der Waals surface area contributed by atoms with Gasteiger partial charge in [-0.2, -0.15) is 0 Å². The molecule has 1 aliphatic heterocycles. The van der Waals surface area contributed by atoms with E-state index in [0.717, 1.165) is 6.08 Å². The van der Waals surface area contributed by atoms with Crippen LogP contribution in [0.25, 0.3) is 6.08 Å². The van der Waals surface area contributed by atoms with Gasteiger partial charge in [-0.1, -0.05) is 0 Å². The molecular formula is C15H18O9. The lowest BCUT2D eigenvalue weighted by atomic mass is 9.99. The van der Waals surface area contributed by atoms with Crippen LogP contribution in [0.2, 0.25) is 0 Å². The molecule has 1 aromatic rings. The zero-order valence-electron chi connectivity index (χ0n) is 12.4. The number of hydrogen-bond acceptors (Lipinski definition) is 8. The van der Waals surface area contributed by atoms with E-state index < -0.39 is 43.3 Å². The van der Waals surface area contributed by atoms with Gasteiger partial charge in [0.25, 0.3) is 0 Å². The van der Waals surface area contributed by atoms with Gasteiger partial charge >= 0.3 is 5.97 Å². The summed E-state index contributed by atoms with van der Waals surface area (Å²) in [5.41, 5.74) is 0.271. The quantitative estimate of drug-likeness (QED) is 0.357. The molecule has 1 saturated heterocycles. The average molecular weight is 342 g/mol. The lowest BCUT2D eigenvalue weighted by Gasteiger charge is -2.39. The van der Waals surface area contributed by atoms with Crippen LogP contribution in [0.1, 0.15) is 5.56 Å². The molecule has 1 unspecified atom stereocenters. The van der Waals surface area contributed by atoms with E-state index in [0.29, 0.717) is 0 Å². The number of aromatic hydroxyl groups is 1. The van der Waals surface area contributed by atoms with Crippen molar-refractivity contribution < 1.29 is 44.9 Å². The summed E-state index contributed by atoms with van der Waals surface area (Å²) in [5.74, 6) is -1.39. The Morgan fingerprint density at radius 2 is 1.92 bits per heavy atom. The predicted octanol–water partition coefficient (Wildman–Crippen LogP) is -1.33. The van der Waals surface area contributed by atoms with Gasteiger partial charge in [0.15, 0.2) is 0 Å². The molecule has 0 aromatic heterocycles. The maximum absolute atomic E-state index is 10.6. The highest BCUT2D eigenvalue weighted by atomic mass is 16.7. The molecule has 0 spiro atoms. The summed E-state index contributed by atoms with van der Waals surface area (Å²) < 4.78 is 10.6. The van der Waals surface area contributed by atoms with Crippen molar-refractivity contribution >= 4 is 12.0 Å². The van der Waals surface area contributed by atoms with Crippen molar-refractivity contribution in [1.29, 1.82) is 0 Å². The van der Waals surface area contributed by atoms with Crippen LogP contribution in [-0.4, -0.2) is 73.9 Å². The van der Waals surface area contributed by atoms with Gasteiger partial charge < -0.3 is 40.1 Å². The number of ether oxygens (including phenoxy) is 2. The third kappa shape index (κ3) is 4.02. The number of phenols is 1. The van der Waals surface area contributed by atoms with Crippen LogP contribution < -0.4 is 4.74 Å². The Hall–Kier alpha value is -2.17. The topological polar surface area (TPSA) is 157 Å². The van der Waals surface area contributed by atoms with Crippen molar-refractivity contribution in [1.82, 2.24) is 0 Å². The minimum atomic E-state index is -1.62. The fourth-order valence-corrected chi connectivity index (χ4v) is 2.21. The number of aliphatic hydroxyl groups excluding tert-OH is 4. The number of hydrogen-bond donors (Lipinski definition) is 6. The minimum absolute atomic E-state index is 0.0168. The van der Waals surface area contributed by atoms with E-state index in [-0.39, 0.29) is 17.1 Å². The SMILES string of the molecule is O=C(O)/C=C/c1ccc(O)cc1OC1O[C@H](CO)[C@@H](O)[C@H](O)[C@H]1O. The molecule has 1 fully saturated rings. The highest BCUT2D eigenvalue weighted by Gasteiger charge is 2.44. The van der Waals surface area contributed by atoms with E-state index in [1.165, 1.54) is 24.3 Å². The monoisotopic (exact) mass is 342 g/mol. The average Bonchev–Trinajstić information content (AvgIpc) is 2.54. The van der Waals surface area contributed by atoms with Gasteiger partial charge in [0, 0.05) is 17.7 Å². The molecule has 9 nitrogen and oxygen atoms in total. The van der Waals surface area contributed by atoms with Crippen LogP contribution in [0.15, 0.2) is 24.3 Å². The number of carbonyl (C=O) groups is 1. The smallest absolute Gasteiger partial charge is 0.328 e. The maximum Gasteiger partial charge on any atom is 0.328 e. The maximum atomic E-state index is 10.6. The van der Waals surface area contributed by atoms with Gasteiger partial charge in [0.05, 0.1) is 6.61 Å². The van der Waals surface area contributed by atoms with E-state index in [4.69, 9.17) is 19.7 Å². The summed E-state index contributed by atoms with van der Waals surface area (Å²) in [5, 5.41) is 56.8. The number of carboxylic acid groups (broad SMARTS) is 1. The lowest BCUT2D eigenvalue weighted by molar-refractivity contribution is -0.277.